The van der Waals surface area contributed by atoms with Gasteiger partial charge in [0.15, 0.2) is 0 Å². The van der Waals surface area contributed by atoms with Gasteiger partial charge in [0.2, 0.25) is 5.95 Å². The molecule has 0 bridgehead atoms. The highest BCUT2D eigenvalue weighted by Crippen LogP contribution is 2.26. The van der Waals surface area contributed by atoms with Crippen molar-refractivity contribution in [1.82, 2.24) is 9.97 Å². The number of nitrogens with zero attached hydrogens (tertiary/aromatic N) is 3. The second-order valence-corrected chi connectivity index (χ2v) is 4.84. The van der Waals surface area contributed by atoms with Crippen molar-refractivity contribution in [2.75, 3.05) is 11.4 Å². The molecule has 1 heterocycles. The molecule has 1 aliphatic rings. The minimum Gasteiger partial charge on any atom is -0.338 e. The van der Waals surface area contributed by atoms with Gasteiger partial charge < -0.3 is 4.90 Å². The van der Waals surface area contributed by atoms with Gasteiger partial charge in [-0.1, -0.05) is 12.8 Å². The number of anilines is 1. The number of halogens is 1. The summed E-state index contributed by atoms with van der Waals surface area (Å²) in [7, 11) is 0. The van der Waals surface area contributed by atoms with Gasteiger partial charge in [0, 0.05) is 25.0 Å². The molecule has 0 atom stereocenters. The summed E-state index contributed by atoms with van der Waals surface area (Å²) in [5.74, 6) is 0.868. The largest absolute Gasteiger partial charge is 0.338 e. The van der Waals surface area contributed by atoms with E-state index in [4.69, 9.17) is 0 Å². The van der Waals surface area contributed by atoms with Gasteiger partial charge in [-0.2, -0.15) is 0 Å². The summed E-state index contributed by atoms with van der Waals surface area (Å²) < 4.78 is 0.939. The van der Waals surface area contributed by atoms with Gasteiger partial charge in [-0.3, -0.25) is 0 Å². The van der Waals surface area contributed by atoms with Gasteiger partial charge in [-0.05, 0) is 35.7 Å². The Hall–Kier alpha value is -0.640. The molecule has 82 valence electrons. The third-order valence-electron chi connectivity index (χ3n) is 2.97. The average molecular weight is 270 g/mol. The zero-order valence-electron chi connectivity index (χ0n) is 8.99. The highest BCUT2D eigenvalue weighted by Gasteiger charge is 2.22. The second-order valence-electron chi connectivity index (χ2n) is 3.93. The summed E-state index contributed by atoms with van der Waals surface area (Å²) in [6.45, 7) is 3.16. The molecule has 15 heavy (non-hydrogen) atoms. The predicted molar refractivity (Wildman–Crippen MR) is 65.0 cm³/mol. The van der Waals surface area contributed by atoms with Gasteiger partial charge in [0.05, 0.1) is 4.47 Å². The van der Waals surface area contributed by atoms with E-state index in [1.54, 1.807) is 0 Å². The van der Waals surface area contributed by atoms with Crippen LogP contribution in [-0.4, -0.2) is 22.6 Å². The molecule has 3 nitrogen and oxygen atoms in total. The smallest absolute Gasteiger partial charge is 0.225 e. The third-order valence-corrected chi connectivity index (χ3v) is 3.38. The maximum Gasteiger partial charge on any atom is 0.225 e. The van der Waals surface area contributed by atoms with Gasteiger partial charge >= 0.3 is 0 Å². The minimum atomic E-state index is 0.649. The van der Waals surface area contributed by atoms with Crippen LogP contribution in [0.2, 0.25) is 0 Å². The van der Waals surface area contributed by atoms with Crippen LogP contribution in [0.15, 0.2) is 16.9 Å². The van der Waals surface area contributed by atoms with Gasteiger partial charge in [0.1, 0.15) is 0 Å². The van der Waals surface area contributed by atoms with E-state index in [0.29, 0.717) is 6.04 Å². The Balaban J connectivity index is 2.14. The summed E-state index contributed by atoms with van der Waals surface area (Å²) in [5, 5.41) is 0. The maximum absolute atomic E-state index is 4.36. The Morgan fingerprint density at radius 2 is 1.93 bits per heavy atom. The Morgan fingerprint density at radius 3 is 2.47 bits per heavy atom. The second kappa shape index (κ2) is 4.92. The van der Waals surface area contributed by atoms with Gasteiger partial charge in [-0.25, -0.2) is 9.97 Å². The van der Waals surface area contributed by atoms with E-state index in [2.05, 4.69) is 37.7 Å². The first kappa shape index (κ1) is 10.9. The van der Waals surface area contributed by atoms with Gasteiger partial charge in [0.25, 0.3) is 0 Å². The number of hydrogen-bond donors (Lipinski definition) is 0. The molecule has 0 spiro atoms. The molecule has 1 fully saturated rings. The third kappa shape index (κ3) is 2.48. The van der Waals surface area contributed by atoms with E-state index in [-0.39, 0.29) is 0 Å². The zero-order chi connectivity index (χ0) is 10.7. The number of rotatable bonds is 3. The van der Waals surface area contributed by atoms with E-state index in [0.717, 1.165) is 17.0 Å². The molecule has 1 aromatic rings. The molecule has 1 saturated carbocycles. The topological polar surface area (TPSA) is 29.0 Å². The molecule has 2 rings (SSSR count). The summed E-state index contributed by atoms with van der Waals surface area (Å²) >= 11 is 3.36. The Morgan fingerprint density at radius 1 is 1.33 bits per heavy atom. The SMILES string of the molecule is CCN(c1ncc(Br)cn1)C1CCCC1. The van der Waals surface area contributed by atoms with Crippen LogP contribution < -0.4 is 4.90 Å². The fourth-order valence-electron chi connectivity index (χ4n) is 2.23. The molecule has 0 amide bonds. The van der Waals surface area contributed by atoms with Crippen LogP contribution in [0, 0.1) is 0 Å². The van der Waals surface area contributed by atoms with Crippen LogP contribution in [0.1, 0.15) is 32.6 Å². The van der Waals surface area contributed by atoms with Crippen molar-refractivity contribution in [2.45, 2.75) is 38.6 Å². The normalized spacial score (nSPS) is 16.9. The predicted octanol–water partition coefficient (Wildman–Crippen LogP) is 3.01. The van der Waals surface area contributed by atoms with E-state index >= 15 is 0 Å². The molecule has 4 heteroatoms. The number of hydrogen-bond acceptors (Lipinski definition) is 3. The van der Waals surface area contributed by atoms with Crippen LogP contribution in [-0.2, 0) is 0 Å². The molecule has 0 aliphatic heterocycles. The lowest BCUT2D eigenvalue weighted by Crippen LogP contribution is -2.34. The lowest BCUT2D eigenvalue weighted by molar-refractivity contribution is 0.605. The summed E-state index contributed by atoms with van der Waals surface area (Å²) in [4.78, 5) is 11.0. The quantitative estimate of drug-likeness (QED) is 0.845. The zero-order valence-corrected chi connectivity index (χ0v) is 10.6. The summed E-state index contributed by atoms with van der Waals surface area (Å²) in [6, 6.07) is 0.649. The maximum atomic E-state index is 4.36. The van der Waals surface area contributed by atoms with E-state index in [1.165, 1.54) is 25.7 Å². The fourth-order valence-corrected chi connectivity index (χ4v) is 2.44. The molecular weight excluding hydrogens is 254 g/mol. The molecule has 0 aromatic carbocycles. The van der Waals surface area contributed by atoms with Crippen molar-refractivity contribution in [2.24, 2.45) is 0 Å². The van der Waals surface area contributed by atoms with Crippen LogP contribution >= 0.6 is 15.9 Å². The molecule has 1 aromatic heterocycles. The number of aromatic nitrogens is 2. The van der Waals surface area contributed by atoms with E-state index < -0.39 is 0 Å². The lowest BCUT2D eigenvalue weighted by atomic mass is 10.2. The summed E-state index contributed by atoms with van der Waals surface area (Å²) in [5.41, 5.74) is 0. The van der Waals surface area contributed by atoms with Crippen LogP contribution in [0.5, 0.6) is 0 Å². The van der Waals surface area contributed by atoms with Crippen molar-refractivity contribution in [3.63, 3.8) is 0 Å². The Kier molecular flexibility index (Phi) is 3.57. The highest BCUT2D eigenvalue weighted by molar-refractivity contribution is 9.10. The molecule has 0 radical (unpaired) electrons. The Labute approximate surface area is 99.0 Å². The highest BCUT2D eigenvalue weighted by atomic mass is 79.9. The standard InChI is InChI=1S/C11H16BrN3/c1-2-15(10-5-3-4-6-10)11-13-7-9(12)8-14-11/h7-8,10H,2-6H2,1H3. The first-order chi connectivity index (χ1) is 7.31. The van der Waals surface area contributed by atoms with Crippen molar-refractivity contribution in [3.05, 3.63) is 16.9 Å². The van der Waals surface area contributed by atoms with E-state index in [9.17, 15) is 0 Å². The lowest BCUT2D eigenvalue weighted by Gasteiger charge is -2.27. The van der Waals surface area contributed by atoms with Crippen molar-refractivity contribution >= 4 is 21.9 Å². The summed E-state index contributed by atoms with van der Waals surface area (Å²) in [6.07, 6.45) is 8.90. The monoisotopic (exact) mass is 269 g/mol. The first-order valence-electron chi connectivity index (χ1n) is 5.55. The first-order valence-corrected chi connectivity index (χ1v) is 6.34. The molecule has 0 N–H and O–H groups in total. The van der Waals surface area contributed by atoms with Crippen LogP contribution in [0.4, 0.5) is 5.95 Å². The van der Waals surface area contributed by atoms with Crippen LogP contribution in [0.25, 0.3) is 0 Å². The Bertz CT molecular complexity index is 306. The van der Waals surface area contributed by atoms with Crippen LogP contribution in [0.3, 0.4) is 0 Å². The van der Waals surface area contributed by atoms with Crippen molar-refractivity contribution in [3.8, 4) is 0 Å². The van der Waals surface area contributed by atoms with Gasteiger partial charge in [-0.15, -0.1) is 0 Å². The minimum absolute atomic E-state index is 0.649. The molecule has 0 saturated heterocycles. The molecular formula is C11H16BrN3. The average Bonchev–Trinajstić information content (AvgIpc) is 2.75. The van der Waals surface area contributed by atoms with Crippen molar-refractivity contribution in [1.29, 1.82) is 0 Å². The fraction of sp³-hybridized carbons (Fsp3) is 0.636. The van der Waals surface area contributed by atoms with Crippen molar-refractivity contribution < 1.29 is 0 Å². The van der Waals surface area contributed by atoms with E-state index in [1.807, 2.05) is 12.4 Å². The molecule has 1 aliphatic carbocycles. The molecule has 0 unspecified atom stereocenters.